The van der Waals surface area contributed by atoms with E-state index in [9.17, 15) is 14.4 Å². The molecule has 1 aromatic carbocycles. The van der Waals surface area contributed by atoms with Gasteiger partial charge in [0.2, 0.25) is 5.12 Å². The summed E-state index contributed by atoms with van der Waals surface area (Å²) in [6.07, 6.45) is 1.44. The fourth-order valence-corrected chi connectivity index (χ4v) is 4.13. The Hall–Kier alpha value is -2.08. The van der Waals surface area contributed by atoms with Crippen molar-refractivity contribution in [2.45, 2.75) is 25.4 Å². The van der Waals surface area contributed by atoms with Crippen molar-refractivity contribution >= 4 is 33.7 Å². The molecule has 5 nitrogen and oxygen atoms in total. The third-order valence-electron chi connectivity index (χ3n) is 4.29. The van der Waals surface area contributed by atoms with E-state index in [0.717, 1.165) is 28.6 Å². The second-order valence-corrected chi connectivity index (χ2v) is 6.70. The summed E-state index contributed by atoms with van der Waals surface area (Å²) in [6.45, 7) is 0.605. The van der Waals surface area contributed by atoms with Crippen molar-refractivity contribution in [2.24, 2.45) is 0 Å². The fourth-order valence-electron chi connectivity index (χ4n) is 3.19. The molecule has 1 atom stereocenters. The number of hydrogen-bond acceptors (Lipinski definition) is 4. The Kier molecular flexibility index (Phi) is 3.07. The molecule has 2 aliphatic rings. The topological polar surface area (TPSA) is 68.2 Å². The molecule has 1 saturated heterocycles. The zero-order chi connectivity index (χ0) is 15.3. The van der Waals surface area contributed by atoms with Crippen LogP contribution in [0.25, 0.3) is 10.9 Å². The number of pyridine rings is 1. The van der Waals surface area contributed by atoms with E-state index in [0.29, 0.717) is 13.0 Å². The number of nitrogens with one attached hydrogen (secondary N) is 1. The highest BCUT2D eigenvalue weighted by Crippen LogP contribution is 2.25. The minimum atomic E-state index is -0.475. The minimum absolute atomic E-state index is 0.0268. The van der Waals surface area contributed by atoms with E-state index >= 15 is 0 Å². The summed E-state index contributed by atoms with van der Waals surface area (Å²) in [4.78, 5) is 36.6. The molecule has 1 N–H and O–H groups in total. The number of hydrogen-bond donors (Lipinski definition) is 1. The Bertz CT molecular complexity index is 872. The van der Waals surface area contributed by atoms with Gasteiger partial charge in [0, 0.05) is 12.3 Å². The molecule has 2 aromatic rings. The summed E-state index contributed by atoms with van der Waals surface area (Å²) < 4.78 is 1.67. The van der Waals surface area contributed by atoms with Crippen molar-refractivity contribution in [3.05, 3.63) is 45.7 Å². The van der Waals surface area contributed by atoms with Gasteiger partial charge in [-0.15, -0.1) is 0 Å². The Morgan fingerprint density at radius 3 is 2.95 bits per heavy atom. The summed E-state index contributed by atoms with van der Waals surface area (Å²) in [5.41, 5.74) is 1.92. The lowest BCUT2D eigenvalue weighted by Gasteiger charge is -2.12. The van der Waals surface area contributed by atoms with Crippen LogP contribution in [0.3, 0.4) is 0 Å². The molecule has 4 rings (SSSR count). The van der Waals surface area contributed by atoms with Crippen LogP contribution < -0.4 is 10.9 Å². The summed E-state index contributed by atoms with van der Waals surface area (Å²) in [5, 5.41) is 3.56. The van der Waals surface area contributed by atoms with Gasteiger partial charge in [0.15, 0.2) is 0 Å². The van der Waals surface area contributed by atoms with Gasteiger partial charge < -0.3 is 9.88 Å². The SMILES string of the molecule is O=C(NC1CCSC1=O)c1cc2cccc3c2n(c1=O)CC3. The fraction of sp³-hybridized carbons (Fsp3) is 0.312. The van der Waals surface area contributed by atoms with Crippen LogP contribution in [0.1, 0.15) is 22.3 Å². The van der Waals surface area contributed by atoms with Crippen LogP contribution in [0.4, 0.5) is 0 Å². The number of carbonyl (C=O) groups excluding carboxylic acids is 2. The molecule has 6 heteroatoms. The van der Waals surface area contributed by atoms with E-state index in [1.165, 1.54) is 11.8 Å². The highest BCUT2D eigenvalue weighted by atomic mass is 32.2. The summed E-state index contributed by atoms with van der Waals surface area (Å²) >= 11 is 1.23. The van der Waals surface area contributed by atoms with Crippen LogP contribution in [-0.4, -0.2) is 27.4 Å². The molecule has 22 heavy (non-hydrogen) atoms. The Morgan fingerprint density at radius 1 is 1.32 bits per heavy atom. The average molecular weight is 314 g/mol. The quantitative estimate of drug-likeness (QED) is 0.908. The first kappa shape index (κ1) is 13.6. The normalized spacial score (nSPS) is 19.8. The van der Waals surface area contributed by atoms with Gasteiger partial charge in [-0.2, -0.15) is 0 Å². The van der Waals surface area contributed by atoms with E-state index in [1.807, 2.05) is 18.2 Å². The second kappa shape index (κ2) is 4.98. The number of amides is 1. The molecule has 112 valence electrons. The van der Waals surface area contributed by atoms with Gasteiger partial charge in [0.05, 0.1) is 11.6 Å². The molecule has 1 amide bonds. The second-order valence-electron chi connectivity index (χ2n) is 5.60. The van der Waals surface area contributed by atoms with Gasteiger partial charge in [-0.25, -0.2) is 0 Å². The van der Waals surface area contributed by atoms with Gasteiger partial charge in [0.25, 0.3) is 11.5 Å². The number of benzene rings is 1. The molecule has 0 spiro atoms. The van der Waals surface area contributed by atoms with Crippen LogP contribution in [0, 0.1) is 0 Å². The van der Waals surface area contributed by atoms with Gasteiger partial charge in [0.1, 0.15) is 5.56 Å². The highest BCUT2D eigenvalue weighted by molar-refractivity contribution is 8.14. The van der Waals surface area contributed by atoms with Crippen LogP contribution in [0.5, 0.6) is 0 Å². The summed E-state index contributed by atoms with van der Waals surface area (Å²) in [5.74, 6) is 0.267. The first-order valence-electron chi connectivity index (χ1n) is 7.28. The van der Waals surface area contributed by atoms with E-state index in [4.69, 9.17) is 0 Å². The predicted octanol–water partition coefficient (Wildman–Crippen LogP) is 1.32. The van der Waals surface area contributed by atoms with Crippen LogP contribution in [-0.2, 0) is 17.8 Å². The Balaban J connectivity index is 1.77. The zero-order valence-corrected chi connectivity index (χ0v) is 12.6. The number of aromatic nitrogens is 1. The van der Waals surface area contributed by atoms with Crippen molar-refractivity contribution < 1.29 is 9.59 Å². The largest absolute Gasteiger partial charge is 0.341 e. The van der Waals surface area contributed by atoms with Crippen molar-refractivity contribution in [2.75, 3.05) is 5.75 Å². The molecule has 0 bridgehead atoms. The van der Waals surface area contributed by atoms with Gasteiger partial charge in [-0.3, -0.25) is 14.4 Å². The van der Waals surface area contributed by atoms with Gasteiger partial charge >= 0.3 is 0 Å². The molecule has 1 fully saturated rings. The molecule has 1 aromatic heterocycles. The Morgan fingerprint density at radius 2 is 2.18 bits per heavy atom. The predicted molar refractivity (Wildman–Crippen MR) is 85.2 cm³/mol. The Labute approximate surface area is 130 Å². The van der Waals surface area contributed by atoms with E-state index in [-0.39, 0.29) is 16.2 Å². The molecule has 0 saturated carbocycles. The lowest BCUT2D eigenvalue weighted by atomic mass is 10.1. The van der Waals surface area contributed by atoms with Gasteiger partial charge in [-0.05, 0) is 29.9 Å². The molecular weight excluding hydrogens is 300 g/mol. The van der Waals surface area contributed by atoms with Crippen LogP contribution in [0.15, 0.2) is 29.1 Å². The number of carbonyl (C=O) groups is 2. The van der Waals surface area contributed by atoms with Crippen molar-refractivity contribution in [3.8, 4) is 0 Å². The first-order chi connectivity index (χ1) is 10.6. The monoisotopic (exact) mass is 314 g/mol. The van der Waals surface area contributed by atoms with Crippen LogP contribution >= 0.6 is 11.8 Å². The maximum Gasteiger partial charge on any atom is 0.263 e. The average Bonchev–Trinajstić information content (AvgIpc) is 3.11. The van der Waals surface area contributed by atoms with Gasteiger partial charge in [-0.1, -0.05) is 30.0 Å². The van der Waals surface area contributed by atoms with E-state index < -0.39 is 11.9 Å². The van der Waals surface area contributed by atoms with Crippen molar-refractivity contribution in [1.82, 2.24) is 9.88 Å². The lowest BCUT2D eigenvalue weighted by molar-refractivity contribution is -0.112. The third-order valence-corrected chi connectivity index (χ3v) is 5.30. The molecule has 2 aliphatic heterocycles. The summed E-state index contributed by atoms with van der Waals surface area (Å²) in [6, 6.07) is 7.03. The number of thioether (sulfide) groups is 1. The van der Waals surface area contributed by atoms with E-state index in [2.05, 4.69) is 5.32 Å². The molecule has 0 aliphatic carbocycles. The van der Waals surface area contributed by atoms with Crippen molar-refractivity contribution in [3.63, 3.8) is 0 Å². The molecule has 0 radical (unpaired) electrons. The van der Waals surface area contributed by atoms with E-state index in [1.54, 1.807) is 10.6 Å². The molecular formula is C16H14N2O3S. The van der Waals surface area contributed by atoms with Crippen molar-refractivity contribution in [1.29, 1.82) is 0 Å². The number of para-hydroxylation sites is 1. The zero-order valence-electron chi connectivity index (χ0n) is 11.8. The minimum Gasteiger partial charge on any atom is -0.341 e. The first-order valence-corrected chi connectivity index (χ1v) is 8.26. The lowest BCUT2D eigenvalue weighted by Crippen LogP contribution is -2.40. The number of nitrogens with zero attached hydrogens (tertiary/aromatic N) is 1. The number of rotatable bonds is 2. The summed E-state index contributed by atoms with van der Waals surface area (Å²) in [7, 11) is 0. The maximum absolute atomic E-state index is 12.6. The maximum atomic E-state index is 12.6. The number of aryl methyl sites for hydroxylation is 2. The van der Waals surface area contributed by atoms with Crippen LogP contribution in [0.2, 0.25) is 0 Å². The standard InChI is InChI=1S/C16H14N2O3S/c19-14(17-12-5-7-22-16(12)21)11-8-10-3-1-2-9-4-6-18(13(9)10)15(11)20/h1-3,8,12H,4-7H2,(H,17,19). The third kappa shape index (κ3) is 1.98. The highest BCUT2D eigenvalue weighted by Gasteiger charge is 2.28. The molecule has 3 heterocycles. The molecule has 1 unspecified atom stereocenters. The smallest absolute Gasteiger partial charge is 0.263 e.